The van der Waals surface area contributed by atoms with Crippen molar-refractivity contribution in [2.75, 3.05) is 6.61 Å². The molecular weight excluding hydrogens is 232 g/mol. The molecule has 1 saturated carbocycles. The van der Waals surface area contributed by atoms with Crippen molar-refractivity contribution in [3.8, 4) is 5.75 Å². The molecule has 0 N–H and O–H groups in total. The molecule has 0 spiro atoms. The minimum atomic E-state index is 0.862. The molecule has 3 unspecified atom stereocenters. The van der Waals surface area contributed by atoms with Crippen LogP contribution >= 0.6 is 0 Å². The summed E-state index contributed by atoms with van der Waals surface area (Å²) in [4.78, 5) is 0. The maximum atomic E-state index is 5.72. The average Bonchev–Trinajstić information content (AvgIpc) is 3.06. The Bertz CT molecular complexity index is 409. The van der Waals surface area contributed by atoms with E-state index >= 15 is 0 Å². The van der Waals surface area contributed by atoms with E-state index in [9.17, 15) is 0 Å². The fourth-order valence-electron chi connectivity index (χ4n) is 3.62. The topological polar surface area (TPSA) is 9.23 Å². The quantitative estimate of drug-likeness (QED) is 0.501. The normalized spacial score (nSPS) is 27.9. The van der Waals surface area contributed by atoms with Crippen LogP contribution in [-0.4, -0.2) is 6.61 Å². The van der Waals surface area contributed by atoms with E-state index < -0.39 is 0 Å². The molecule has 0 amide bonds. The van der Waals surface area contributed by atoms with E-state index in [-0.39, 0.29) is 0 Å². The van der Waals surface area contributed by atoms with Gasteiger partial charge >= 0.3 is 0 Å². The van der Waals surface area contributed by atoms with Crippen LogP contribution in [-0.2, 0) is 0 Å². The highest BCUT2D eigenvalue weighted by atomic mass is 16.5. The molecule has 19 heavy (non-hydrogen) atoms. The minimum absolute atomic E-state index is 0.862. The molecule has 2 bridgehead atoms. The summed E-state index contributed by atoms with van der Waals surface area (Å²) >= 11 is 0. The number of unbranched alkanes of at least 4 members (excludes halogenated alkanes) is 2. The molecule has 0 saturated heterocycles. The first-order valence-corrected chi connectivity index (χ1v) is 7.78. The molecule has 2 aliphatic rings. The standard InChI is InChI=1S/C18H24O/c1-4-8-18(9-5-1)19-12-6-2-3-7-16-13-15-10-11-17(16)14-15/h1,4-5,8-11,15-17H,2-3,6-7,12-14H2. The number of fused-ring (bicyclic) bond motifs is 2. The molecule has 1 heteroatoms. The first-order valence-electron chi connectivity index (χ1n) is 7.78. The van der Waals surface area contributed by atoms with E-state index in [0.717, 1.165) is 30.1 Å². The maximum absolute atomic E-state index is 5.72. The SMILES string of the molecule is C1=CC2CC1CC2CCCCCOc1ccccc1. The lowest BCUT2D eigenvalue weighted by Crippen LogP contribution is -2.06. The molecule has 1 fully saturated rings. The number of hydrogen-bond donors (Lipinski definition) is 0. The van der Waals surface area contributed by atoms with Crippen molar-refractivity contribution in [1.82, 2.24) is 0 Å². The Hall–Kier alpha value is -1.24. The molecule has 1 nitrogen and oxygen atoms in total. The molecular formula is C18H24O. The second kappa shape index (κ2) is 6.27. The van der Waals surface area contributed by atoms with Crippen molar-refractivity contribution < 1.29 is 4.74 Å². The summed E-state index contributed by atoms with van der Waals surface area (Å²) in [6.07, 6.45) is 13.1. The van der Waals surface area contributed by atoms with Crippen LogP contribution in [0.5, 0.6) is 5.75 Å². The summed E-state index contributed by atoms with van der Waals surface area (Å²) in [5.74, 6) is 3.84. The Morgan fingerprint density at radius 2 is 1.84 bits per heavy atom. The van der Waals surface area contributed by atoms with Crippen LogP contribution in [0.4, 0.5) is 0 Å². The van der Waals surface area contributed by atoms with Crippen molar-refractivity contribution in [3.05, 3.63) is 42.5 Å². The van der Waals surface area contributed by atoms with Gasteiger partial charge in [0, 0.05) is 0 Å². The van der Waals surface area contributed by atoms with Crippen LogP contribution in [0, 0.1) is 17.8 Å². The van der Waals surface area contributed by atoms with Crippen LogP contribution in [0.3, 0.4) is 0 Å². The van der Waals surface area contributed by atoms with Crippen LogP contribution in [0.15, 0.2) is 42.5 Å². The maximum Gasteiger partial charge on any atom is 0.119 e. The van der Waals surface area contributed by atoms with Crippen LogP contribution in [0.25, 0.3) is 0 Å². The van der Waals surface area contributed by atoms with Gasteiger partial charge < -0.3 is 4.74 Å². The largest absolute Gasteiger partial charge is 0.494 e. The summed E-state index contributed by atoms with van der Waals surface area (Å²) in [6.45, 7) is 0.862. The summed E-state index contributed by atoms with van der Waals surface area (Å²) in [5.41, 5.74) is 0. The van der Waals surface area contributed by atoms with Crippen LogP contribution < -0.4 is 4.74 Å². The van der Waals surface area contributed by atoms with Gasteiger partial charge in [-0.05, 0) is 55.6 Å². The van der Waals surface area contributed by atoms with Crippen LogP contribution in [0.1, 0.15) is 38.5 Å². The summed E-state index contributed by atoms with van der Waals surface area (Å²) in [6, 6.07) is 10.1. The molecule has 1 aromatic rings. The van der Waals surface area contributed by atoms with Gasteiger partial charge in [-0.2, -0.15) is 0 Å². The van der Waals surface area contributed by atoms with Crippen molar-refractivity contribution >= 4 is 0 Å². The highest BCUT2D eigenvalue weighted by Gasteiger charge is 2.34. The number of rotatable bonds is 7. The number of para-hydroxylation sites is 1. The Morgan fingerprint density at radius 1 is 0.947 bits per heavy atom. The summed E-state index contributed by atoms with van der Waals surface area (Å²) in [5, 5.41) is 0. The van der Waals surface area contributed by atoms with E-state index in [1.54, 1.807) is 0 Å². The van der Waals surface area contributed by atoms with Crippen molar-refractivity contribution in [1.29, 1.82) is 0 Å². The highest BCUT2D eigenvalue weighted by Crippen LogP contribution is 2.45. The Labute approximate surface area is 116 Å². The lowest BCUT2D eigenvalue weighted by molar-refractivity contribution is 0.299. The lowest BCUT2D eigenvalue weighted by Gasteiger charge is -2.17. The summed E-state index contributed by atoms with van der Waals surface area (Å²) in [7, 11) is 0. The second-order valence-corrected chi connectivity index (χ2v) is 6.05. The molecule has 0 aromatic heterocycles. The zero-order valence-electron chi connectivity index (χ0n) is 11.6. The van der Waals surface area contributed by atoms with Gasteiger partial charge in [-0.25, -0.2) is 0 Å². The predicted molar refractivity (Wildman–Crippen MR) is 79.2 cm³/mol. The van der Waals surface area contributed by atoms with E-state index in [1.807, 2.05) is 30.3 Å². The predicted octanol–water partition coefficient (Wildman–Crippen LogP) is 4.84. The molecule has 0 radical (unpaired) electrons. The number of ether oxygens (including phenoxy) is 1. The lowest BCUT2D eigenvalue weighted by atomic mass is 9.89. The van der Waals surface area contributed by atoms with E-state index in [4.69, 9.17) is 4.74 Å². The number of hydrogen-bond acceptors (Lipinski definition) is 1. The number of allylic oxidation sites excluding steroid dienone is 2. The van der Waals surface area contributed by atoms with Crippen molar-refractivity contribution in [2.45, 2.75) is 38.5 Å². The molecule has 2 aliphatic carbocycles. The zero-order chi connectivity index (χ0) is 12.9. The molecule has 3 atom stereocenters. The van der Waals surface area contributed by atoms with E-state index in [1.165, 1.54) is 38.5 Å². The highest BCUT2D eigenvalue weighted by molar-refractivity contribution is 5.20. The Kier molecular flexibility index (Phi) is 4.22. The molecule has 102 valence electrons. The van der Waals surface area contributed by atoms with E-state index in [0.29, 0.717) is 0 Å². The molecule has 3 rings (SSSR count). The molecule has 1 aromatic carbocycles. The van der Waals surface area contributed by atoms with Crippen molar-refractivity contribution in [3.63, 3.8) is 0 Å². The third-order valence-electron chi connectivity index (χ3n) is 4.65. The van der Waals surface area contributed by atoms with E-state index in [2.05, 4.69) is 12.2 Å². The smallest absolute Gasteiger partial charge is 0.119 e. The van der Waals surface area contributed by atoms with Gasteiger partial charge in [-0.3, -0.25) is 0 Å². The first kappa shape index (κ1) is 12.8. The Morgan fingerprint density at radius 3 is 2.58 bits per heavy atom. The number of benzene rings is 1. The fraction of sp³-hybridized carbons (Fsp3) is 0.556. The van der Waals surface area contributed by atoms with Crippen LogP contribution in [0.2, 0.25) is 0 Å². The average molecular weight is 256 g/mol. The monoisotopic (exact) mass is 256 g/mol. The van der Waals surface area contributed by atoms with Gasteiger partial charge in [-0.15, -0.1) is 0 Å². The molecule has 0 aliphatic heterocycles. The zero-order valence-corrected chi connectivity index (χ0v) is 11.6. The fourth-order valence-corrected chi connectivity index (χ4v) is 3.62. The van der Waals surface area contributed by atoms with Gasteiger partial charge in [0.15, 0.2) is 0 Å². The first-order chi connectivity index (χ1) is 9.42. The van der Waals surface area contributed by atoms with Gasteiger partial charge in [0.25, 0.3) is 0 Å². The third-order valence-corrected chi connectivity index (χ3v) is 4.65. The molecule has 0 heterocycles. The van der Waals surface area contributed by atoms with Crippen molar-refractivity contribution in [2.24, 2.45) is 17.8 Å². The third kappa shape index (κ3) is 3.40. The van der Waals surface area contributed by atoms with Gasteiger partial charge in [0.2, 0.25) is 0 Å². The summed E-state index contributed by atoms with van der Waals surface area (Å²) < 4.78 is 5.72. The van der Waals surface area contributed by atoms with Gasteiger partial charge in [-0.1, -0.05) is 43.2 Å². The second-order valence-electron chi connectivity index (χ2n) is 6.05. The van der Waals surface area contributed by atoms with Gasteiger partial charge in [0.05, 0.1) is 6.61 Å². The minimum Gasteiger partial charge on any atom is -0.494 e. The Balaban J connectivity index is 1.25. The van der Waals surface area contributed by atoms with Gasteiger partial charge in [0.1, 0.15) is 5.75 Å².